The fourth-order valence-electron chi connectivity index (χ4n) is 3.48. The number of carbonyl (C=O) groups is 2. The second kappa shape index (κ2) is 9.08. The Hall–Kier alpha value is -3.90. The largest absolute Gasteiger partial charge is 0.322 e. The number of halogens is 1. The highest BCUT2D eigenvalue weighted by Gasteiger charge is 2.14. The summed E-state index contributed by atoms with van der Waals surface area (Å²) in [5.74, 6) is -0.596. The van der Waals surface area contributed by atoms with Gasteiger partial charge in [-0.05, 0) is 74.5 Å². The Balaban J connectivity index is 1.54. The predicted octanol–water partition coefficient (Wildman–Crippen LogP) is 5.65. The number of hydrogen-bond acceptors (Lipinski definition) is 3. The second-order valence-electron chi connectivity index (χ2n) is 7.34. The molecule has 2 aromatic heterocycles. The zero-order valence-electron chi connectivity index (χ0n) is 17.6. The minimum Gasteiger partial charge on any atom is -0.322 e. The Morgan fingerprint density at radius 1 is 0.812 bits per heavy atom. The van der Waals surface area contributed by atoms with Crippen molar-refractivity contribution in [1.29, 1.82) is 0 Å². The monoisotopic (exact) mass is 444 g/mol. The van der Waals surface area contributed by atoms with Crippen LogP contribution in [0.1, 0.15) is 32.1 Å². The summed E-state index contributed by atoms with van der Waals surface area (Å²) in [4.78, 5) is 29.3. The van der Waals surface area contributed by atoms with Crippen LogP contribution in [0.25, 0.3) is 5.69 Å². The minimum absolute atomic E-state index is 0.260. The molecule has 0 bridgehead atoms. The number of aryl methyl sites for hydroxylation is 2. The number of rotatable bonds is 5. The molecule has 0 aliphatic heterocycles. The van der Waals surface area contributed by atoms with Crippen molar-refractivity contribution in [2.75, 3.05) is 10.6 Å². The van der Waals surface area contributed by atoms with Gasteiger partial charge in [0, 0.05) is 46.4 Å². The number of anilines is 2. The van der Waals surface area contributed by atoms with E-state index < -0.39 is 0 Å². The highest BCUT2D eigenvalue weighted by Crippen LogP contribution is 2.24. The summed E-state index contributed by atoms with van der Waals surface area (Å²) in [5, 5.41) is 6.03. The lowest BCUT2D eigenvalue weighted by atomic mass is 10.1. The molecule has 0 saturated carbocycles. The molecule has 0 aliphatic rings. The number of benzene rings is 2. The van der Waals surface area contributed by atoms with Crippen molar-refractivity contribution in [3.05, 3.63) is 107 Å². The summed E-state index contributed by atoms with van der Waals surface area (Å²) in [6.45, 7) is 4.01. The quantitative estimate of drug-likeness (QED) is 0.417. The molecule has 160 valence electrons. The Bertz CT molecular complexity index is 1280. The molecule has 0 aliphatic carbocycles. The van der Waals surface area contributed by atoms with E-state index in [2.05, 4.69) is 20.2 Å². The van der Waals surface area contributed by atoms with Crippen LogP contribution in [-0.2, 0) is 0 Å². The van der Waals surface area contributed by atoms with Crippen LogP contribution >= 0.6 is 11.6 Å². The first-order chi connectivity index (χ1) is 15.4. The minimum atomic E-state index is -0.336. The molecule has 0 fully saturated rings. The van der Waals surface area contributed by atoms with Crippen LogP contribution in [-0.4, -0.2) is 21.4 Å². The van der Waals surface area contributed by atoms with E-state index in [0.29, 0.717) is 27.5 Å². The van der Waals surface area contributed by atoms with Gasteiger partial charge < -0.3 is 15.2 Å². The molecular weight excluding hydrogens is 424 g/mol. The van der Waals surface area contributed by atoms with Crippen molar-refractivity contribution >= 4 is 34.8 Å². The molecule has 0 atom stereocenters. The molecule has 2 aromatic carbocycles. The van der Waals surface area contributed by atoms with E-state index in [-0.39, 0.29) is 11.8 Å². The lowest BCUT2D eigenvalue weighted by Crippen LogP contribution is -2.15. The fraction of sp³-hybridized carbons (Fsp3) is 0.0800. The molecule has 2 amide bonds. The van der Waals surface area contributed by atoms with Gasteiger partial charge in [-0.1, -0.05) is 17.7 Å². The number of carbonyl (C=O) groups excluding carboxylic acids is 2. The lowest BCUT2D eigenvalue weighted by Gasteiger charge is -2.13. The van der Waals surface area contributed by atoms with Gasteiger partial charge in [0.2, 0.25) is 0 Å². The third-order valence-corrected chi connectivity index (χ3v) is 5.37. The highest BCUT2D eigenvalue weighted by atomic mass is 35.5. The van der Waals surface area contributed by atoms with Crippen molar-refractivity contribution < 1.29 is 9.59 Å². The maximum atomic E-state index is 13.0. The molecule has 4 aromatic rings. The Morgan fingerprint density at radius 2 is 1.44 bits per heavy atom. The second-order valence-corrected chi connectivity index (χ2v) is 7.75. The first-order valence-corrected chi connectivity index (χ1v) is 10.4. The lowest BCUT2D eigenvalue weighted by molar-refractivity contribution is 0.101. The molecule has 6 nitrogen and oxygen atoms in total. The number of nitrogens with one attached hydrogen (secondary N) is 2. The smallest absolute Gasteiger partial charge is 0.257 e. The topological polar surface area (TPSA) is 76.0 Å². The maximum absolute atomic E-state index is 13.0. The Morgan fingerprint density at radius 3 is 2.09 bits per heavy atom. The van der Waals surface area contributed by atoms with Gasteiger partial charge >= 0.3 is 0 Å². The van der Waals surface area contributed by atoms with Crippen LogP contribution in [0, 0.1) is 13.8 Å². The van der Waals surface area contributed by atoms with Gasteiger partial charge in [0.05, 0.1) is 10.6 Å². The third-order valence-electron chi connectivity index (χ3n) is 5.04. The van der Waals surface area contributed by atoms with Crippen LogP contribution in [0.2, 0.25) is 5.02 Å². The molecule has 0 unspecified atom stereocenters. The number of hydrogen-bond donors (Lipinski definition) is 2. The molecule has 0 saturated heterocycles. The zero-order chi connectivity index (χ0) is 22.7. The first kappa shape index (κ1) is 21.3. The van der Waals surface area contributed by atoms with E-state index >= 15 is 0 Å². The average molecular weight is 445 g/mol. The number of pyridine rings is 1. The number of amides is 2. The summed E-state index contributed by atoms with van der Waals surface area (Å²) in [7, 11) is 0. The summed E-state index contributed by atoms with van der Waals surface area (Å²) >= 11 is 6.33. The fourth-order valence-corrected chi connectivity index (χ4v) is 3.69. The van der Waals surface area contributed by atoms with Gasteiger partial charge in [0.25, 0.3) is 11.8 Å². The summed E-state index contributed by atoms with van der Waals surface area (Å²) in [6.07, 6.45) is 3.11. The zero-order valence-corrected chi connectivity index (χ0v) is 18.4. The van der Waals surface area contributed by atoms with Crippen molar-refractivity contribution in [3.63, 3.8) is 0 Å². The highest BCUT2D eigenvalue weighted by molar-refractivity contribution is 6.34. The van der Waals surface area contributed by atoms with E-state index in [1.807, 2.05) is 32.0 Å². The van der Waals surface area contributed by atoms with Crippen LogP contribution in [0.3, 0.4) is 0 Å². The van der Waals surface area contributed by atoms with E-state index in [9.17, 15) is 9.59 Å². The van der Waals surface area contributed by atoms with Crippen LogP contribution in [0.15, 0.2) is 79.1 Å². The van der Waals surface area contributed by atoms with E-state index in [4.69, 9.17) is 11.6 Å². The third kappa shape index (κ3) is 4.55. The summed E-state index contributed by atoms with van der Waals surface area (Å²) < 4.78 is 2.06. The van der Waals surface area contributed by atoms with Crippen molar-refractivity contribution in [2.45, 2.75) is 13.8 Å². The van der Waals surface area contributed by atoms with Gasteiger partial charge in [-0.3, -0.25) is 14.6 Å². The van der Waals surface area contributed by atoms with Crippen LogP contribution in [0.5, 0.6) is 0 Å². The molecule has 2 heterocycles. The normalized spacial score (nSPS) is 10.6. The van der Waals surface area contributed by atoms with Crippen LogP contribution in [0.4, 0.5) is 11.4 Å². The molecular formula is C25H21ClN4O2. The predicted molar refractivity (Wildman–Crippen MR) is 127 cm³/mol. The maximum Gasteiger partial charge on any atom is 0.257 e. The van der Waals surface area contributed by atoms with Gasteiger partial charge in [-0.25, -0.2) is 0 Å². The van der Waals surface area contributed by atoms with E-state index in [0.717, 1.165) is 17.1 Å². The van der Waals surface area contributed by atoms with Gasteiger partial charge in [0.1, 0.15) is 0 Å². The van der Waals surface area contributed by atoms with Gasteiger partial charge in [-0.15, -0.1) is 0 Å². The molecule has 2 N–H and O–H groups in total. The average Bonchev–Trinajstić information content (AvgIpc) is 3.13. The van der Waals surface area contributed by atoms with E-state index in [1.165, 1.54) is 0 Å². The summed E-state index contributed by atoms with van der Waals surface area (Å²) in [6, 6.07) is 19.6. The molecule has 4 rings (SSSR count). The molecule has 7 heteroatoms. The van der Waals surface area contributed by atoms with Gasteiger partial charge in [0.15, 0.2) is 0 Å². The van der Waals surface area contributed by atoms with Crippen molar-refractivity contribution in [1.82, 2.24) is 9.55 Å². The Labute approximate surface area is 190 Å². The summed E-state index contributed by atoms with van der Waals surface area (Å²) in [5.41, 5.74) is 4.94. The number of nitrogens with zero attached hydrogens (tertiary/aromatic N) is 2. The van der Waals surface area contributed by atoms with E-state index in [1.54, 1.807) is 60.9 Å². The number of aromatic nitrogens is 2. The first-order valence-electron chi connectivity index (χ1n) is 10.00. The van der Waals surface area contributed by atoms with Gasteiger partial charge in [-0.2, -0.15) is 0 Å². The standard InChI is InChI=1S/C25H21ClN4O2/c1-16-6-7-17(2)30(16)21-8-9-23(26)22(15-21)25(32)29-20-5-3-4-19(14-20)28-24(31)18-10-12-27-13-11-18/h3-15H,1-2H3,(H,28,31)(H,29,32). The Kier molecular flexibility index (Phi) is 6.05. The van der Waals surface area contributed by atoms with Crippen LogP contribution < -0.4 is 10.6 Å². The molecule has 32 heavy (non-hydrogen) atoms. The van der Waals surface area contributed by atoms with Crippen molar-refractivity contribution in [3.8, 4) is 5.69 Å². The molecule has 0 radical (unpaired) electrons. The molecule has 0 spiro atoms. The SMILES string of the molecule is Cc1ccc(C)n1-c1ccc(Cl)c(C(=O)Nc2cccc(NC(=O)c3ccncc3)c2)c1. The van der Waals surface area contributed by atoms with Crippen molar-refractivity contribution in [2.24, 2.45) is 0 Å².